The molecule has 0 N–H and O–H groups in total. The van der Waals surface area contributed by atoms with E-state index < -0.39 is 24.3 Å². The lowest BCUT2D eigenvalue weighted by atomic mass is 10.1. The Morgan fingerprint density at radius 2 is 1.73 bits per heavy atom. The topological polar surface area (TPSA) is 56.6 Å². The molecule has 1 amide bonds. The van der Waals surface area contributed by atoms with Crippen molar-refractivity contribution < 1.29 is 31.5 Å². The molecule has 0 spiro atoms. The van der Waals surface area contributed by atoms with Crippen molar-refractivity contribution in [1.82, 2.24) is 4.90 Å². The van der Waals surface area contributed by atoms with Gasteiger partial charge in [0.2, 0.25) is 0 Å². The number of ether oxygens (including phenoxy) is 1. The van der Waals surface area contributed by atoms with Crippen LogP contribution in [0.25, 0.3) is 0 Å². The Morgan fingerprint density at radius 3 is 2.33 bits per heavy atom. The van der Waals surface area contributed by atoms with Crippen LogP contribution in [-0.4, -0.2) is 43.6 Å². The summed E-state index contributed by atoms with van der Waals surface area (Å²) in [6.07, 6.45) is -4.55. The number of carbonyl (C=O) groups is 1. The molecule has 2 aromatic carbocycles. The van der Waals surface area contributed by atoms with E-state index in [9.17, 15) is 32.0 Å². The molecule has 1 aliphatic heterocycles. The van der Waals surface area contributed by atoms with Gasteiger partial charge in [-0.1, -0.05) is 12.1 Å². The van der Waals surface area contributed by atoms with E-state index in [4.69, 9.17) is 0 Å². The van der Waals surface area contributed by atoms with E-state index in [0.717, 1.165) is 12.1 Å². The van der Waals surface area contributed by atoms with Gasteiger partial charge in [-0.2, -0.15) is 27.2 Å². The lowest BCUT2D eigenvalue weighted by Gasteiger charge is -2.36. The molecular formula is C20H16F5N3O2. The van der Waals surface area contributed by atoms with Gasteiger partial charge in [-0.25, -0.2) is 0 Å². The normalized spacial score (nSPS) is 14.6. The Kier molecular flexibility index (Phi) is 6.10. The molecule has 1 heterocycles. The van der Waals surface area contributed by atoms with E-state index in [-0.39, 0.29) is 43.1 Å². The Morgan fingerprint density at radius 1 is 1.07 bits per heavy atom. The van der Waals surface area contributed by atoms with E-state index in [1.807, 2.05) is 0 Å². The van der Waals surface area contributed by atoms with E-state index in [1.165, 1.54) is 35.2 Å². The molecule has 0 bridgehead atoms. The van der Waals surface area contributed by atoms with Crippen LogP contribution in [0.3, 0.4) is 0 Å². The molecule has 1 fully saturated rings. The third kappa shape index (κ3) is 4.62. The van der Waals surface area contributed by atoms with E-state index in [2.05, 4.69) is 4.74 Å². The zero-order valence-corrected chi connectivity index (χ0v) is 15.5. The zero-order valence-electron chi connectivity index (χ0n) is 15.5. The van der Waals surface area contributed by atoms with Crippen molar-refractivity contribution >= 4 is 11.6 Å². The van der Waals surface area contributed by atoms with Crippen LogP contribution < -0.4 is 9.64 Å². The van der Waals surface area contributed by atoms with Crippen molar-refractivity contribution in [1.29, 1.82) is 5.26 Å². The minimum absolute atomic E-state index is 0.00139. The van der Waals surface area contributed by atoms with E-state index in [0.29, 0.717) is 5.69 Å². The standard InChI is InChI=1S/C20H16F5N3O2/c21-19(22)30-17-4-2-1-3-15(17)18(29)28-9-7-27(8-10-28)16-6-5-14(20(23,24)25)11-13(16)12-26/h1-6,11,19H,7-10H2. The van der Waals surface area contributed by atoms with Crippen LogP contribution in [0.15, 0.2) is 42.5 Å². The van der Waals surface area contributed by atoms with Gasteiger partial charge >= 0.3 is 12.8 Å². The molecule has 0 saturated carbocycles. The highest BCUT2D eigenvalue weighted by atomic mass is 19.4. The molecule has 158 valence electrons. The summed E-state index contributed by atoms with van der Waals surface area (Å²) < 4.78 is 68.1. The fraction of sp³-hybridized carbons (Fsp3) is 0.300. The van der Waals surface area contributed by atoms with Gasteiger partial charge in [-0.3, -0.25) is 4.79 Å². The maximum Gasteiger partial charge on any atom is 0.416 e. The molecule has 1 aliphatic rings. The summed E-state index contributed by atoms with van der Waals surface area (Å²) in [7, 11) is 0. The summed E-state index contributed by atoms with van der Waals surface area (Å²) in [4.78, 5) is 15.9. The number of halogens is 5. The van der Waals surface area contributed by atoms with Gasteiger partial charge in [0.1, 0.15) is 11.8 Å². The van der Waals surface area contributed by atoms with Crippen molar-refractivity contribution in [2.45, 2.75) is 12.8 Å². The van der Waals surface area contributed by atoms with Gasteiger partial charge in [0.25, 0.3) is 5.91 Å². The number of nitriles is 1. The lowest BCUT2D eigenvalue weighted by Crippen LogP contribution is -2.49. The SMILES string of the molecule is N#Cc1cc(C(F)(F)F)ccc1N1CCN(C(=O)c2ccccc2OC(F)F)CC1. The van der Waals surface area contributed by atoms with Crippen molar-refractivity contribution in [3.8, 4) is 11.8 Å². The Bertz CT molecular complexity index is 964. The quantitative estimate of drug-likeness (QED) is 0.691. The highest BCUT2D eigenvalue weighted by Crippen LogP contribution is 2.33. The summed E-state index contributed by atoms with van der Waals surface area (Å²) in [6, 6.07) is 10.4. The van der Waals surface area contributed by atoms with Crippen molar-refractivity contribution in [2.75, 3.05) is 31.1 Å². The fourth-order valence-electron chi connectivity index (χ4n) is 3.24. The highest BCUT2D eigenvalue weighted by Gasteiger charge is 2.32. The predicted octanol–water partition coefficient (Wildman–Crippen LogP) is 4.14. The number of amides is 1. The lowest BCUT2D eigenvalue weighted by molar-refractivity contribution is -0.137. The number of anilines is 1. The van der Waals surface area contributed by atoms with Gasteiger partial charge in [-0.15, -0.1) is 0 Å². The number of piperazine rings is 1. The number of alkyl halides is 5. The highest BCUT2D eigenvalue weighted by molar-refractivity contribution is 5.97. The average molecular weight is 425 g/mol. The molecule has 0 aromatic heterocycles. The third-order valence-corrected chi connectivity index (χ3v) is 4.69. The van der Waals surface area contributed by atoms with Crippen LogP contribution in [0.4, 0.5) is 27.6 Å². The van der Waals surface area contributed by atoms with Crippen LogP contribution in [0.5, 0.6) is 5.75 Å². The molecule has 2 aromatic rings. The minimum Gasteiger partial charge on any atom is -0.434 e. The number of hydrogen-bond donors (Lipinski definition) is 0. The second-order valence-corrected chi connectivity index (χ2v) is 6.50. The number of nitrogens with zero attached hydrogens (tertiary/aromatic N) is 3. The van der Waals surface area contributed by atoms with Crippen LogP contribution in [0.1, 0.15) is 21.5 Å². The molecule has 3 rings (SSSR count). The molecular weight excluding hydrogens is 409 g/mol. The number of hydrogen-bond acceptors (Lipinski definition) is 4. The van der Waals surface area contributed by atoms with Crippen LogP contribution >= 0.6 is 0 Å². The maximum absolute atomic E-state index is 12.9. The number of carbonyl (C=O) groups excluding carboxylic acids is 1. The van der Waals surface area contributed by atoms with Gasteiger partial charge in [0.15, 0.2) is 0 Å². The molecule has 10 heteroatoms. The minimum atomic E-state index is -4.55. The molecule has 0 aliphatic carbocycles. The first-order chi connectivity index (χ1) is 14.2. The van der Waals surface area contributed by atoms with Gasteiger partial charge in [0.05, 0.1) is 22.4 Å². The first-order valence-corrected chi connectivity index (χ1v) is 8.90. The molecule has 0 atom stereocenters. The Labute approximate surface area is 168 Å². The monoisotopic (exact) mass is 425 g/mol. The Balaban J connectivity index is 1.73. The number of para-hydroxylation sites is 1. The Hall–Kier alpha value is -3.35. The smallest absolute Gasteiger partial charge is 0.416 e. The summed E-state index contributed by atoms with van der Waals surface area (Å²) in [6.45, 7) is -2.13. The molecule has 5 nitrogen and oxygen atoms in total. The summed E-state index contributed by atoms with van der Waals surface area (Å²) in [5, 5.41) is 9.25. The zero-order chi connectivity index (χ0) is 21.9. The third-order valence-electron chi connectivity index (χ3n) is 4.69. The fourth-order valence-corrected chi connectivity index (χ4v) is 3.24. The van der Waals surface area contributed by atoms with Crippen molar-refractivity contribution in [3.63, 3.8) is 0 Å². The summed E-state index contributed by atoms with van der Waals surface area (Å²) >= 11 is 0. The summed E-state index contributed by atoms with van der Waals surface area (Å²) in [5.41, 5.74) is -0.676. The number of rotatable bonds is 4. The van der Waals surface area contributed by atoms with Gasteiger partial charge < -0.3 is 14.5 Å². The van der Waals surface area contributed by atoms with Gasteiger partial charge in [0, 0.05) is 26.2 Å². The number of benzene rings is 2. The van der Waals surface area contributed by atoms with Crippen LogP contribution in [0, 0.1) is 11.3 Å². The molecule has 1 saturated heterocycles. The van der Waals surface area contributed by atoms with Crippen LogP contribution in [0.2, 0.25) is 0 Å². The predicted molar refractivity (Wildman–Crippen MR) is 97.3 cm³/mol. The molecule has 0 unspecified atom stereocenters. The van der Waals surface area contributed by atoms with Crippen LogP contribution in [-0.2, 0) is 6.18 Å². The summed E-state index contributed by atoms with van der Waals surface area (Å²) in [5.74, 6) is -0.715. The first kappa shape index (κ1) is 21.4. The van der Waals surface area contributed by atoms with E-state index in [1.54, 1.807) is 11.0 Å². The second kappa shape index (κ2) is 8.57. The molecule has 0 radical (unpaired) electrons. The average Bonchev–Trinajstić information content (AvgIpc) is 2.72. The van der Waals surface area contributed by atoms with Gasteiger partial charge in [-0.05, 0) is 30.3 Å². The van der Waals surface area contributed by atoms with Crippen molar-refractivity contribution in [2.24, 2.45) is 0 Å². The van der Waals surface area contributed by atoms with E-state index >= 15 is 0 Å². The largest absolute Gasteiger partial charge is 0.434 e. The maximum atomic E-state index is 12.9. The second-order valence-electron chi connectivity index (χ2n) is 6.50. The first-order valence-electron chi connectivity index (χ1n) is 8.90. The van der Waals surface area contributed by atoms with Crippen molar-refractivity contribution in [3.05, 3.63) is 59.2 Å². The molecule has 30 heavy (non-hydrogen) atoms.